The number of hydrogen-bond donors (Lipinski definition) is 1. The summed E-state index contributed by atoms with van der Waals surface area (Å²) in [5, 5.41) is 4.59. The molecular formula is C8H6ClN3S. The third kappa shape index (κ3) is 1.68. The fourth-order valence-corrected chi connectivity index (χ4v) is 1.29. The van der Waals surface area contributed by atoms with Gasteiger partial charge < -0.3 is 0 Å². The van der Waals surface area contributed by atoms with Gasteiger partial charge in [-0.05, 0) is 18.2 Å². The summed E-state index contributed by atoms with van der Waals surface area (Å²) in [5.41, 5.74) is 0.875. The molecule has 0 atom stereocenters. The lowest BCUT2D eigenvalue weighted by Crippen LogP contribution is -1.93. The minimum atomic E-state index is 0.608. The second-order valence-electron chi connectivity index (χ2n) is 2.48. The quantitative estimate of drug-likeness (QED) is 0.734. The number of aromatic nitrogens is 3. The maximum absolute atomic E-state index is 5.89. The molecular weight excluding hydrogens is 206 g/mol. The Kier molecular flexibility index (Phi) is 2.24. The molecule has 3 nitrogen and oxygen atoms in total. The molecule has 0 saturated heterocycles. The van der Waals surface area contributed by atoms with Crippen LogP contribution in [-0.2, 0) is 0 Å². The third-order valence-corrected chi connectivity index (χ3v) is 2.45. The van der Waals surface area contributed by atoms with E-state index < -0.39 is 0 Å². The molecule has 0 saturated carbocycles. The van der Waals surface area contributed by atoms with Crippen molar-refractivity contribution >= 4 is 24.2 Å². The largest absolute Gasteiger partial charge is 0.223 e. The maximum atomic E-state index is 5.89. The minimum Gasteiger partial charge on any atom is -0.223 e. The fraction of sp³-hybridized carbons (Fsp3) is 0. The van der Waals surface area contributed by atoms with E-state index in [1.807, 2.05) is 12.1 Å². The van der Waals surface area contributed by atoms with Gasteiger partial charge in [0, 0.05) is 4.90 Å². The van der Waals surface area contributed by atoms with Crippen LogP contribution in [0.25, 0.3) is 5.69 Å². The summed E-state index contributed by atoms with van der Waals surface area (Å²) in [6.07, 6.45) is 3.09. The van der Waals surface area contributed by atoms with Crippen LogP contribution in [0.1, 0.15) is 0 Å². The molecule has 2 aromatic rings. The molecule has 0 amide bonds. The molecule has 13 heavy (non-hydrogen) atoms. The van der Waals surface area contributed by atoms with Crippen LogP contribution in [0, 0.1) is 0 Å². The lowest BCUT2D eigenvalue weighted by Gasteiger charge is -2.01. The van der Waals surface area contributed by atoms with Crippen LogP contribution >= 0.6 is 24.2 Å². The van der Waals surface area contributed by atoms with Crippen molar-refractivity contribution in [1.82, 2.24) is 14.8 Å². The first kappa shape index (κ1) is 8.59. The highest BCUT2D eigenvalue weighted by molar-refractivity contribution is 7.80. The van der Waals surface area contributed by atoms with Crippen LogP contribution in [-0.4, -0.2) is 14.8 Å². The summed E-state index contributed by atoms with van der Waals surface area (Å²) in [6.45, 7) is 0. The van der Waals surface area contributed by atoms with Crippen LogP contribution in [0.4, 0.5) is 0 Å². The van der Waals surface area contributed by atoms with Crippen LogP contribution in [0.15, 0.2) is 35.7 Å². The monoisotopic (exact) mass is 211 g/mol. The molecule has 0 N–H and O–H groups in total. The predicted octanol–water partition coefficient (Wildman–Crippen LogP) is 2.21. The average Bonchev–Trinajstić information content (AvgIpc) is 2.62. The molecule has 1 aromatic heterocycles. The topological polar surface area (TPSA) is 30.7 Å². The lowest BCUT2D eigenvalue weighted by molar-refractivity contribution is 0.877. The van der Waals surface area contributed by atoms with Crippen molar-refractivity contribution in [2.75, 3.05) is 0 Å². The average molecular weight is 212 g/mol. The zero-order valence-electron chi connectivity index (χ0n) is 6.55. The number of halogens is 1. The molecule has 0 fully saturated rings. The first-order chi connectivity index (χ1) is 6.27. The van der Waals surface area contributed by atoms with Crippen LogP contribution in [0.5, 0.6) is 0 Å². The van der Waals surface area contributed by atoms with Gasteiger partial charge in [0.05, 0.1) is 10.7 Å². The Morgan fingerprint density at radius 2 is 2.23 bits per heavy atom. The Bertz CT molecular complexity index is 413. The zero-order chi connectivity index (χ0) is 9.26. The van der Waals surface area contributed by atoms with Gasteiger partial charge in [0.2, 0.25) is 0 Å². The molecule has 0 spiro atoms. The summed E-state index contributed by atoms with van der Waals surface area (Å²) < 4.78 is 1.64. The van der Waals surface area contributed by atoms with E-state index in [4.69, 9.17) is 11.6 Å². The van der Waals surface area contributed by atoms with E-state index in [-0.39, 0.29) is 0 Å². The van der Waals surface area contributed by atoms with Crippen molar-refractivity contribution in [3.05, 3.63) is 35.9 Å². The summed E-state index contributed by atoms with van der Waals surface area (Å²) in [6, 6.07) is 5.49. The first-order valence-corrected chi connectivity index (χ1v) is 4.43. The third-order valence-electron chi connectivity index (χ3n) is 1.61. The molecule has 0 radical (unpaired) electrons. The zero-order valence-corrected chi connectivity index (χ0v) is 8.20. The molecule has 0 unspecified atom stereocenters. The van der Waals surface area contributed by atoms with Gasteiger partial charge in [0.15, 0.2) is 0 Å². The van der Waals surface area contributed by atoms with Gasteiger partial charge in [-0.1, -0.05) is 11.6 Å². The van der Waals surface area contributed by atoms with Crippen molar-refractivity contribution < 1.29 is 0 Å². The summed E-state index contributed by atoms with van der Waals surface area (Å²) in [7, 11) is 0. The van der Waals surface area contributed by atoms with E-state index >= 15 is 0 Å². The van der Waals surface area contributed by atoms with Gasteiger partial charge in [0.25, 0.3) is 0 Å². The van der Waals surface area contributed by atoms with Gasteiger partial charge in [-0.15, -0.1) is 12.6 Å². The van der Waals surface area contributed by atoms with Gasteiger partial charge in [-0.3, -0.25) is 0 Å². The molecule has 5 heteroatoms. The van der Waals surface area contributed by atoms with Crippen LogP contribution < -0.4 is 0 Å². The van der Waals surface area contributed by atoms with Gasteiger partial charge in [-0.25, -0.2) is 9.67 Å². The Hall–Kier alpha value is -1.00. The molecule has 1 aromatic carbocycles. The van der Waals surface area contributed by atoms with Crippen molar-refractivity contribution in [2.45, 2.75) is 4.90 Å². The van der Waals surface area contributed by atoms with E-state index in [1.165, 1.54) is 6.33 Å². The molecule has 66 valence electrons. The fourth-order valence-electron chi connectivity index (χ4n) is 0.980. The molecule has 0 aliphatic heterocycles. The number of benzene rings is 1. The second kappa shape index (κ2) is 3.40. The van der Waals surface area contributed by atoms with Crippen molar-refractivity contribution in [3.8, 4) is 5.69 Å². The number of hydrogen-bond acceptors (Lipinski definition) is 3. The number of thiol groups is 1. The Balaban J connectivity index is 2.49. The molecule has 0 aliphatic rings. The van der Waals surface area contributed by atoms with Crippen molar-refractivity contribution in [1.29, 1.82) is 0 Å². The number of rotatable bonds is 1. The van der Waals surface area contributed by atoms with Crippen molar-refractivity contribution in [2.24, 2.45) is 0 Å². The summed E-state index contributed by atoms with van der Waals surface area (Å²) in [4.78, 5) is 4.60. The smallest absolute Gasteiger partial charge is 0.138 e. The summed E-state index contributed by atoms with van der Waals surface area (Å²) >= 11 is 10.1. The van der Waals surface area contributed by atoms with Gasteiger partial charge in [-0.2, -0.15) is 5.10 Å². The van der Waals surface area contributed by atoms with E-state index in [0.717, 1.165) is 10.6 Å². The van der Waals surface area contributed by atoms with Crippen LogP contribution in [0.3, 0.4) is 0 Å². The molecule has 2 rings (SSSR count). The van der Waals surface area contributed by atoms with Crippen LogP contribution in [0.2, 0.25) is 5.02 Å². The highest BCUT2D eigenvalue weighted by Gasteiger charge is 2.00. The minimum absolute atomic E-state index is 0.608. The molecule has 0 aliphatic carbocycles. The van der Waals surface area contributed by atoms with E-state index in [9.17, 15) is 0 Å². The highest BCUT2D eigenvalue weighted by Crippen LogP contribution is 2.22. The summed E-state index contributed by atoms with van der Waals surface area (Å²) in [5.74, 6) is 0. The SMILES string of the molecule is Sc1ccc(-n2cncn2)cc1Cl. The van der Waals surface area contributed by atoms with E-state index in [0.29, 0.717) is 5.02 Å². The maximum Gasteiger partial charge on any atom is 0.138 e. The second-order valence-corrected chi connectivity index (χ2v) is 3.36. The Morgan fingerprint density at radius 3 is 2.85 bits per heavy atom. The normalized spacial score (nSPS) is 10.3. The highest BCUT2D eigenvalue weighted by atomic mass is 35.5. The van der Waals surface area contributed by atoms with Gasteiger partial charge >= 0.3 is 0 Å². The Labute approximate surface area is 85.8 Å². The van der Waals surface area contributed by atoms with E-state index in [1.54, 1.807) is 17.1 Å². The molecule has 1 heterocycles. The Morgan fingerprint density at radius 1 is 1.38 bits per heavy atom. The van der Waals surface area contributed by atoms with Gasteiger partial charge in [0.1, 0.15) is 12.7 Å². The standard InChI is InChI=1S/C8H6ClN3S/c9-7-3-6(1-2-8(7)13)12-5-10-4-11-12/h1-5,13H. The molecule has 0 bridgehead atoms. The predicted molar refractivity (Wildman–Crippen MR) is 53.6 cm³/mol. The van der Waals surface area contributed by atoms with Crippen molar-refractivity contribution in [3.63, 3.8) is 0 Å². The first-order valence-electron chi connectivity index (χ1n) is 3.61. The lowest BCUT2D eigenvalue weighted by atomic mass is 10.3. The number of nitrogens with zero attached hydrogens (tertiary/aromatic N) is 3. The van der Waals surface area contributed by atoms with E-state index in [2.05, 4.69) is 22.7 Å².